The van der Waals surface area contributed by atoms with Crippen LogP contribution in [0.1, 0.15) is 6.23 Å². The van der Waals surface area contributed by atoms with Gasteiger partial charge in [-0.25, -0.2) is 9.98 Å². The smallest absolute Gasteiger partial charge is 0.280 e. The molecule has 11 heteroatoms. The number of nitrogens with one attached hydrogen (secondary N) is 1. The van der Waals surface area contributed by atoms with Crippen LogP contribution in [0.15, 0.2) is 16.1 Å². The minimum absolute atomic E-state index is 0.0524. The molecule has 0 radical (unpaired) electrons. The summed E-state index contributed by atoms with van der Waals surface area (Å²) in [6, 6.07) is 0. The first kappa shape index (κ1) is 16.5. The normalized spacial score (nSPS) is 27.4. The molecule has 11 nitrogen and oxygen atoms in total. The second-order valence-corrected chi connectivity index (χ2v) is 5.65. The van der Waals surface area contributed by atoms with Crippen molar-refractivity contribution >= 4 is 23.5 Å². The number of aliphatic hydroxyl groups is 3. The first-order valence-corrected chi connectivity index (χ1v) is 7.22. The van der Waals surface area contributed by atoms with Crippen molar-refractivity contribution in [2.24, 2.45) is 4.99 Å². The summed E-state index contributed by atoms with van der Waals surface area (Å²) < 4.78 is 6.78. The maximum atomic E-state index is 12.1. The van der Waals surface area contributed by atoms with Gasteiger partial charge in [-0.05, 0) is 0 Å². The highest BCUT2D eigenvalue weighted by molar-refractivity contribution is 5.71. The molecule has 2 aromatic heterocycles. The van der Waals surface area contributed by atoms with Crippen LogP contribution in [0.3, 0.4) is 0 Å². The molecule has 1 saturated heterocycles. The van der Waals surface area contributed by atoms with Gasteiger partial charge in [0.05, 0.1) is 19.3 Å². The summed E-state index contributed by atoms with van der Waals surface area (Å²) in [6.45, 7) is -0.451. The third kappa shape index (κ3) is 2.78. The fraction of sp³-hybridized carbons (Fsp3) is 0.538. The lowest BCUT2D eigenvalue weighted by atomic mass is 10.1. The van der Waals surface area contributed by atoms with Gasteiger partial charge in [-0.3, -0.25) is 14.3 Å². The first-order chi connectivity index (χ1) is 11.4. The van der Waals surface area contributed by atoms with E-state index in [2.05, 4.69) is 19.9 Å². The van der Waals surface area contributed by atoms with E-state index in [4.69, 9.17) is 4.74 Å². The molecular formula is C13H18N6O5. The Labute approximate surface area is 135 Å². The van der Waals surface area contributed by atoms with Crippen LogP contribution in [0, 0.1) is 0 Å². The summed E-state index contributed by atoms with van der Waals surface area (Å²) in [5, 5.41) is 29.2. The quantitative estimate of drug-likeness (QED) is 0.368. The molecule has 0 amide bonds. The highest BCUT2D eigenvalue weighted by Gasteiger charge is 2.44. The molecule has 0 aromatic carbocycles. The molecule has 1 aliphatic rings. The molecule has 0 bridgehead atoms. The number of aromatic nitrogens is 4. The lowest BCUT2D eigenvalue weighted by Crippen LogP contribution is -2.33. The zero-order valence-electron chi connectivity index (χ0n) is 13.1. The summed E-state index contributed by atoms with van der Waals surface area (Å²) in [7, 11) is 3.53. The Balaban J connectivity index is 2.05. The average Bonchev–Trinajstić information content (AvgIpc) is 3.08. The topological polar surface area (TPSA) is 149 Å². The molecule has 130 valence electrons. The minimum Gasteiger partial charge on any atom is -0.394 e. The molecule has 0 aliphatic carbocycles. The van der Waals surface area contributed by atoms with Gasteiger partial charge in [-0.15, -0.1) is 0 Å². The molecule has 4 atom stereocenters. The van der Waals surface area contributed by atoms with Crippen LogP contribution in [-0.2, 0) is 4.74 Å². The molecule has 2 aromatic rings. The van der Waals surface area contributed by atoms with Crippen LogP contribution >= 0.6 is 0 Å². The number of H-pyrrole nitrogens is 1. The van der Waals surface area contributed by atoms with E-state index in [0.717, 1.165) is 0 Å². The van der Waals surface area contributed by atoms with E-state index in [1.54, 1.807) is 19.0 Å². The van der Waals surface area contributed by atoms with Gasteiger partial charge in [-0.2, -0.15) is 4.98 Å². The Morgan fingerprint density at radius 1 is 1.46 bits per heavy atom. The predicted molar refractivity (Wildman–Crippen MR) is 83.0 cm³/mol. The van der Waals surface area contributed by atoms with E-state index in [9.17, 15) is 20.1 Å². The van der Waals surface area contributed by atoms with E-state index in [1.807, 2.05) is 0 Å². The van der Waals surface area contributed by atoms with Crippen LogP contribution in [-0.4, -0.2) is 85.1 Å². The van der Waals surface area contributed by atoms with Crippen LogP contribution in [0.4, 0.5) is 5.95 Å². The summed E-state index contributed by atoms with van der Waals surface area (Å²) in [4.78, 5) is 28.5. The van der Waals surface area contributed by atoms with Gasteiger partial charge in [0.25, 0.3) is 5.56 Å². The fourth-order valence-corrected chi connectivity index (χ4v) is 2.44. The Morgan fingerprint density at radius 3 is 2.83 bits per heavy atom. The SMILES string of the molecule is CN(C)/C=N/c1nc2c(ncn2C2OC(CO)C(O)[C@@H]2O)c(=O)[nH]1. The molecule has 0 spiro atoms. The zero-order chi connectivity index (χ0) is 17.4. The van der Waals surface area contributed by atoms with Crippen molar-refractivity contribution in [3.8, 4) is 0 Å². The number of aliphatic hydroxyl groups excluding tert-OH is 3. The number of aliphatic imine (C=N–C) groups is 1. The van der Waals surface area contributed by atoms with Crippen molar-refractivity contribution in [1.82, 2.24) is 24.4 Å². The van der Waals surface area contributed by atoms with Crippen molar-refractivity contribution in [1.29, 1.82) is 0 Å². The number of ether oxygens (including phenoxy) is 1. The van der Waals surface area contributed by atoms with Crippen molar-refractivity contribution in [3.63, 3.8) is 0 Å². The second kappa shape index (κ2) is 6.28. The minimum atomic E-state index is -1.30. The molecule has 0 saturated carbocycles. The number of imidazole rings is 1. The predicted octanol–water partition coefficient (Wildman–Crippen LogP) is -2.05. The first-order valence-electron chi connectivity index (χ1n) is 7.22. The van der Waals surface area contributed by atoms with Gasteiger partial charge >= 0.3 is 0 Å². The Hall–Kier alpha value is -2.34. The van der Waals surface area contributed by atoms with Crippen LogP contribution in [0.5, 0.6) is 0 Å². The Kier molecular flexibility index (Phi) is 4.32. The fourth-order valence-electron chi connectivity index (χ4n) is 2.44. The average molecular weight is 338 g/mol. The summed E-state index contributed by atoms with van der Waals surface area (Å²) in [6.07, 6.45) is -1.76. The lowest BCUT2D eigenvalue weighted by molar-refractivity contribution is -0.0511. The zero-order valence-corrected chi connectivity index (χ0v) is 13.1. The summed E-state index contributed by atoms with van der Waals surface area (Å²) in [5.41, 5.74) is -0.285. The van der Waals surface area contributed by atoms with Crippen LogP contribution in [0.2, 0.25) is 0 Å². The Morgan fingerprint density at radius 2 is 2.21 bits per heavy atom. The van der Waals surface area contributed by atoms with Crippen LogP contribution in [0.25, 0.3) is 11.2 Å². The van der Waals surface area contributed by atoms with Crippen LogP contribution < -0.4 is 5.56 Å². The van der Waals surface area contributed by atoms with Gasteiger partial charge in [0, 0.05) is 14.1 Å². The van der Waals surface area contributed by atoms with Gasteiger partial charge in [0.15, 0.2) is 17.4 Å². The van der Waals surface area contributed by atoms with Gasteiger partial charge < -0.3 is 25.0 Å². The standard InChI is InChI=1S/C13H18N6O5/c1-18(2)4-15-13-16-10-7(11(23)17-13)14-5-19(10)12-9(22)8(21)6(3-20)24-12/h4-6,8-9,12,20-22H,3H2,1-2H3,(H,16,17,23)/b15-4+/t6?,8?,9-,12?/m0/s1. The molecule has 3 rings (SSSR count). The van der Waals surface area contributed by atoms with Crippen molar-refractivity contribution in [2.45, 2.75) is 24.5 Å². The van der Waals surface area contributed by atoms with E-state index in [-0.39, 0.29) is 17.1 Å². The number of aromatic amines is 1. The molecule has 24 heavy (non-hydrogen) atoms. The maximum Gasteiger partial charge on any atom is 0.280 e. The highest BCUT2D eigenvalue weighted by atomic mass is 16.6. The van der Waals surface area contributed by atoms with Crippen molar-refractivity contribution in [2.75, 3.05) is 20.7 Å². The Bertz CT molecular complexity index is 815. The number of fused-ring (bicyclic) bond motifs is 1. The molecule has 3 unspecified atom stereocenters. The molecule has 4 N–H and O–H groups in total. The van der Waals surface area contributed by atoms with Gasteiger partial charge in [-0.1, -0.05) is 0 Å². The number of nitrogens with zero attached hydrogens (tertiary/aromatic N) is 5. The lowest BCUT2D eigenvalue weighted by Gasteiger charge is -2.16. The summed E-state index contributed by atoms with van der Waals surface area (Å²) in [5.74, 6) is 0.0645. The summed E-state index contributed by atoms with van der Waals surface area (Å²) >= 11 is 0. The van der Waals surface area contributed by atoms with E-state index in [0.29, 0.717) is 0 Å². The monoisotopic (exact) mass is 338 g/mol. The molecule has 1 aliphatic heterocycles. The van der Waals surface area contributed by atoms with E-state index < -0.39 is 36.7 Å². The largest absolute Gasteiger partial charge is 0.394 e. The van der Waals surface area contributed by atoms with Gasteiger partial charge in [0.1, 0.15) is 18.3 Å². The third-order valence-corrected chi connectivity index (χ3v) is 3.62. The third-order valence-electron chi connectivity index (χ3n) is 3.62. The number of rotatable bonds is 4. The molecule has 3 heterocycles. The van der Waals surface area contributed by atoms with Crippen molar-refractivity contribution < 1.29 is 20.1 Å². The maximum absolute atomic E-state index is 12.1. The van der Waals surface area contributed by atoms with Gasteiger partial charge in [0.2, 0.25) is 5.95 Å². The highest BCUT2D eigenvalue weighted by Crippen LogP contribution is 2.30. The molecular weight excluding hydrogens is 320 g/mol. The van der Waals surface area contributed by atoms with Crippen molar-refractivity contribution in [3.05, 3.63) is 16.7 Å². The molecule has 1 fully saturated rings. The number of hydrogen-bond donors (Lipinski definition) is 4. The van der Waals surface area contributed by atoms with E-state index >= 15 is 0 Å². The van der Waals surface area contributed by atoms with E-state index in [1.165, 1.54) is 17.2 Å². The number of hydrogen-bond acceptors (Lipinski definition) is 8. The second-order valence-electron chi connectivity index (χ2n) is 5.65.